The highest BCUT2D eigenvalue weighted by atomic mass is 16.5. The largest absolute Gasteiger partial charge is 0.466 e. The van der Waals surface area contributed by atoms with Crippen molar-refractivity contribution in [1.82, 2.24) is 5.32 Å². The van der Waals surface area contributed by atoms with E-state index >= 15 is 0 Å². The van der Waals surface area contributed by atoms with Crippen LogP contribution in [0.5, 0.6) is 0 Å². The van der Waals surface area contributed by atoms with Crippen LogP contribution in [0.1, 0.15) is 30.0 Å². The highest BCUT2D eigenvalue weighted by Crippen LogP contribution is 2.20. The minimum atomic E-state index is -0.122. The monoisotopic (exact) mass is 211 g/mol. The number of carbonyl (C=O) groups is 1. The zero-order chi connectivity index (χ0) is 11.4. The molecule has 15 heavy (non-hydrogen) atoms. The minimum absolute atomic E-state index is 0.0508. The molecule has 1 heterocycles. The molecule has 1 aromatic heterocycles. The van der Waals surface area contributed by atoms with Gasteiger partial charge in [0.15, 0.2) is 0 Å². The average Bonchev–Trinajstić information content (AvgIpc) is 2.45. The van der Waals surface area contributed by atoms with Gasteiger partial charge in [0.2, 0.25) is 5.91 Å². The number of aryl methyl sites for hydroxylation is 2. The van der Waals surface area contributed by atoms with Crippen LogP contribution in [-0.2, 0) is 9.53 Å². The summed E-state index contributed by atoms with van der Waals surface area (Å²) in [5.74, 6) is 1.58. The second-order valence-electron chi connectivity index (χ2n) is 3.59. The minimum Gasteiger partial charge on any atom is -0.466 e. The van der Waals surface area contributed by atoms with Gasteiger partial charge in [0.05, 0.1) is 6.04 Å². The van der Waals surface area contributed by atoms with Gasteiger partial charge in [-0.25, -0.2) is 0 Å². The summed E-state index contributed by atoms with van der Waals surface area (Å²) in [6.07, 6.45) is 0. The second-order valence-corrected chi connectivity index (χ2v) is 3.59. The predicted molar refractivity (Wildman–Crippen MR) is 56.6 cm³/mol. The molecule has 0 spiro atoms. The third-order valence-electron chi connectivity index (χ3n) is 2.20. The molecule has 1 unspecified atom stereocenters. The summed E-state index contributed by atoms with van der Waals surface area (Å²) in [5, 5.41) is 2.83. The van der Waals surface area contributed by atoms with Gasteiger partial charge < -0.3 is 14.5 Å². The maximum absolute atomic E-state index is 11.3. The molecule has 4 nitrogen and oxygen atoms in total. The lowest BCUT2D eigenvalue weighted by atomic mass is 10.1. The molecule has 0 aliphatic rings. The van der Waals surface area contributed by atoms with Crippen LogP contribution in [0.15, 0.2) is 10.5 Å². The standard InChI is InChI=1S/C11H17NO3/c1-7-5-10(9(3)15-7)8(2)12-11(13)6-14-4/h5,8H,6H2,1-4H3,(H,12,13). The highest BCUT2D eigenvalue weighted by Gasteiger charge is 2.14. The van der Waals surface area contributed by atoms with Crippen molar-refractivity contribution in [2.45, 2.75) is 26.8 Å². The number of hydrogen-bond donors (Lipinski definition) is 1. The van der Waals surface area contributed by atoms with E-state index in [4.69, 9.17) is 9.15 Å². The second kappa shape index (κ2) is 4.98. The number of nitrogens with one attached hydrogen (secondary N) is 1. The SMILES string of the molecule is COCC(=O)NC(C)c1cc(C)oc1C. The molecule has 0 aromatic carbocycles. The van der Waals surface area contributed by atoms with Crippen LogP contribution < -0.4 is 5.32 Å². The maximum atomic E-state index is 11.3. The molecule has 1 rings (SSSR count). The summed E-state index contributed by atoms with van der Waals surface area (Å²) in [5.41, 5.74) is 1.01. The fourth-order valence-electron chi connectivity index (χ4n) is 1.57. The van der Waals surface area contributed by atoms with Gasteiger partial charge in [0.25, 0.3) is 0 Å². The van der Waals surface area contributed by atoms with Gasteiger partial charge in [0, 0.05) is 12.7 Å². The van der Waals surface area contributed by atoms with Crippen molar-refractivity contribution >= 4 is 5.91 Å². The van der Waals surface area contributed by atoms with Gasteiger partial charge in [-0.05, 0) is 26.8 Å². The van der Waals surface area contributed by atoms with Crippen molar-refractivity contribution in [3.05, 3.63) is 23.2 Å². The molecule has 84 valence electrons. The van der Waals surface area contributed by atoms with E-state index in [1.165, 1.54) is 7.11 Å². The Bertz CT molecular complexity index is 344. The van der Waals surface area contributed by atoms with Crippen molar-refractivity contribution in [2.75, 3.05) is 13.7 Å². The van der Waals surface area contributed by atoms with E-state index in [9.17, 15) is 4.79 Å². The average molecular weight is 211 g/mol. The first kappa shape index (κ1) is 11.8. The molecule has 4 heteroatoms. The lowest BCUT2D eigenvalue weighted by Crippen LogP contribution is -2.29. The Kier molecular flexibility index (Phi) is 3.91. The molecular weight excluding hydrogens is 194 g/mol. The van der Waals surface area contributed by atoms with Crippen LogP contribution in [0.3, 0.4) is 0 Å². The first-order valence-electron chi connectivity index (χ1n) is 4.89. The van der Waals surface area contributed by atoms with E-state index in [1.54, 1.807) is 0 Å². The van der Waals surface area contributed by atoms with Gasteiger partial charge in [-0.2, -0.15) is 0 Å². The molecule has 0 fully saturated rings. The number of hydrogen-bond acceptors (Lipinski definition) is 3. The Labute approximate surface area is 89.6 Å². The summed E-state index contributed by atoms with van der Waals surface area (Å²) in [6, 6.07) is 1.89. The molecule has 1 atom stereocenters. The fraction of sp³-hybridized carbons (Fsp3) is 0.545. The summed E-state index contributed by atoms with van der Waals surface area (Å²) >= 11 is 0. The third-order valence-corrected chi connectivity index (χ3v) is 2.20. The molecule has 0 saturated heterocycles. The van der Waals surface area contributed by atoms with Crippen LogP contribution in [0, 0.1) is 13.8 Å². The summed E-state index contributed by atoms with van der Waals surface area (Å²) in [4.78, 5) is 11.3. The van der Waals surface area contributed by atoms with Gasteiger partial charge in [-0.1, -0.05) is 0 Å². The Morgan fingerprint density at radius 1 is 1.60 bits per heavy atom. The number of methoxy groups -OCH3 is 1. The van der Waals surface area contributed by atoms with Crippen molar-refractivity contribution < 1.29 is 13.9 Å². The molecule has 0 saturated carbocycles. The maximum Gasteiger partial charge on any atom is 0.246 e. The molecule has 0 radical (unpaired) electrons. The quantitative estimate of drug-likeness (QED) is 0.825. The Morgan fingerprint density at radius 3 is 2.73 bits per heavy atom. The normalized spacial score (nSPS) is 12.5. The van der Waals surface area contributed by atoms with E-state index in [-0.39, 0.29) is 18.6 Å². The van der Waals surface area contributed by atoms with Gasteiger partial charge in [-0.15, -0.1) is 0 Å². The van der Waals surface area contributed by atoms with Crippen LogP contribution in [0.25, 0.3) is 0 Å². The lowest BCUT2D eigenvalue weighted by molar-refractivity contribution is -0.125. The first-order valence-corrected chi connectivity index (χ1v) is 4.89. The number of carbonyl (C=O) groups excluding carboxylic acids is 1. The summed E-state index contributed by atoms with van der Waals surface area (Å²) < 4.78 is 10.1. The molecule has 0 aliphatic carbocycles. The fourth-order valence-corrected chi connectivity index (χ4v) is 1.57. The van der Waals surface area contributed by atoms with Crippen LogP contribution in [-0.4, -0.2) is 19.6 Å². The van der Waals surface area contributed by atoms with Crippen LogP contribution in [0.2, 0.25) is 0 Å². The first-order chi connectivity index (χ1) is 7.04. The zero-order valence-electron chi connectivity index (χ0n) is 9.59. The van der Waals surface area contributed by atoms with E-state index in [0.29, 0.717) is 0 Å². The van der Waals surface area contributed by atoms with Crippen LogP contribution in [0.4, 0.5) is 0 Å². The Hall–Kier alpha value is -1.29. The van der Waals surface area contributed by atoms with Crippen molar-refractivity contribution in [3.8, 4) is 0 Å². The van der Waals surface area contributed by atoms with Crippen molar-refractivity contribution in [1.29, 1.82) is 0 Å². The topological polar surface area (TPSA) is 51.5 Å². The number of ether oxygens (including phenoxy) is 1. The van der Waals surface area contributed by atoms with E-state index in [2.05, 4.69) is 5.32 Å². The summed E-state index contributed by atoms with van der Waals surface area (Å²) in [7, 11) is 1.50. The van der Waals surface area contributed by atoms with Crippen molar-refractivity contribution in [2.24, 2.45) is 0 Å². The Balaban J connectivity index is 2.64. The van der Waals surface area contributed by atoms with Gasteiger partial charge >= 0.3 is 0 Å². The highest BCUT2D eigenvalue weighted by molar-refractivity contribution is 5.77. The number of rotatable bonds is 4. The van der Waals surface area contributed by atoms with E-state index in [0.717, 1.165) is 17.1 Å². The summed E-state index contributed by atoms with van der Waals surface area (Å²) in [6.45, 7) is 5.78. The number of furan rings is 1. The zero-order valence-corrected chi connectivity index (χ0v) is 9.59. The molecule has 1 aromatic rings. The number of amides is 1. The van der Waals surface area contributed by atoms with Crippen molar-refractivity contribution in [3.63, 3.8) is 0 Å². The Morgan fingerprint density at radius 2 is 2.27 bits per heavy atom. The van der Waals surface area contributed by atoms with E-state index < -0.39 is 0 Å². The molecule has 1 amide bonds. The van der Waals surface area contributed by atoms with Gasteiger partial charge in [-0.3, -0.25) is 4.79 Å². The molecule has 0 aliphatic heterocycles. The van der Waals surface area contributed by atoms with Gasteiger partial charge in [0.1, 0.15) is 18.1 Å². The van der Waals surface area contributed by atoms with E-state index in [1.807, 2.05) is 26.8 Å². The molecule has 1 N–H and O–H groups in total. The predicted octanol–water partition coefficient (Wildman–Crippen LogP) is 1.72. The molecular formula is C11H17NO3. The third kappa shape index (κ3) is 3.09. The van der Waals surface area contributed by atoms with Crippen LogP contribution >= 0.6 is 0 Å². The smallest absolute Gasteiger partial charge is 0.246 e. The lowest BCUT2D eigenvalue weighted by Gasteiger charge is -2.12. The molecule has 0 bridgehead atoms.